The number of amides is 1. The maximum absolute atomic E-state index is 12.6. The SMILES string of the molecule is O=C1OCC(c2ccccc2)N1c1ccn2ncc(-c3ccc(-c4ncn[nH]4)cc3)c2n1. The maximum atomic E-state index is 12.6. The van der Waals surface area contributed by atoms with Gasteiger partial charge in [-0.25, -0.2) is 19.3 Å². The molecular weight excluding hydrogens is 406 g/mol. The predicted molar refractivity (Wildman–Crippen MR) is 117 cm³/mol. The van der Waals surface area contributed by atoms with Crippen LogP contribution in [-0.2, 0) is 4.74 Å². The Morgan fingerprint density at radius 2 is 1.81 bits per heavy atom. The van der Waals surface area contributed by atoms with Gasteiger partial charge in [0.05, 0.1) is 6.20 Å². The molecule has 1 aliphatic rings. The number of carbonyl (C=O) groups excluding carboxylic acids is 1. The van der Waals surface area contributed by atoms with Gasteiger partial charge in [0.1, 0.15) is 24.8 Å². The first-order valence-corrected chi connectivity index (χ1v) is 10.1. The van der Waals surface area contributed by atoms with Gasteiger partial charge in [-0.3, -0.25) is 10.00 Å². The first-order chi connectivity index (χ1) is 15.8. The number of H-pyrrole nitrogens is 1. The molecule has 1 saturated heterocycles. The second-order valence-corrected chi connectivity index (χ2v) is 7.40. The molecule has 5 aromatic rings. The molecule has 6 rings (SSSR count). The Balaban J connectivity index is 1.39. The van der Waals surface area contributed by atoms with E-state index in [1.165, 1.54) is 6.33 Å². The number of benzene rings is 2. The molecule has 0 radical (unpaired) electrons. The van der Waals surface area contributed by atoms with Crippen LogP contribution in [0.1, 0.15) is 11.6 Å². The average molecular weight is 423 g/mol. The summed E-state index contributed by atoms with van der Waals surface area (Å²) in [5, 5.41) is 11.2. The smallest absolute Gasteiger partial charge is 0.416 e. The molecule has 32 heavy (non-hydrogen) atoms. The number of fused-ring (bicyclic) bond motifs is 1. The molecule has 9 heteroatoms. The number of nitrogens with zero attached hydrogens (tertiary/aromatic N) is 6. The van der Waals surface area contributed by atoms with E-state index < -0.39 is 6.09 Å². The van der Waals surface area contributed by atoms with Crippen molar-refractivity contribution >= 4 is 17.6 Å². The van der Waals surface area contributed by atoms with E-state index in [-0.39, 0.29) is 12.6 Å². The highest BCUT2D eigenvalue weighted by Crippen LogP contribution is 2.33. The van der Waals surface area contributed by atoms with Gasteiger partial charge in [0.2, 0.25) is 0 Å². The molecule has 0 saturated carbocycles. The Morgan fingerprint density at radius 1 is 1.00 bits per heavy atom. The molecule has 1 N–H and O–H groups in total. The molecule has 4 heterocycles. The summed E-state index contributed by atoms with van der Waals surface area (Å²) in [7, 11) is 0. The number of aromatic amines is 1. The molecule has 0 spiro atoms. The van der Waals surface area contributed by atoms with Crippen molar-refractivity contribution in [2.24, 2.45) is 0 Å². The van der Waals surface area contributed by atoms with Crippen molar-refractivity contribution in [1.29, 1.82) is 0 Å². The Labute approximate surface area is 182 Å². The molecule has 1 amide bonds. The van der Waals surface area contributed by atoms with E-state index in [0.717, 1.165) is 22.3 Å². The second-order valence-electron chi connectivity index (χ2n) is 7.40. The van der Waals surface area contributed by atoms with Crippen LogP contribution in [0.3, 0.4) is 0 Å². The molecular formula is C23H17N7O2. The van der Waals surface area contributed by atoms with E-state index in [0.29, 0.717) is 17.3 Å². The Bertz CT molecular complexity index is 1400. The lowest BCUT2D eigenvalue weighted by Gasteiger charge is -2.20. The molecule has 1 unspecified atom stereocenters. The first kappa shape index (κ1) is 18.3. The fourth-order valence-electron chi connectivity index (χ4n) is 3.94. The maximum Gasteiger partial charge on any atom is 0.416 e. The zero-order chi connectivity index (χ0) is 21.5. The number of cyclic esters (lactones) is 1. The fourth-order valence-corrected chi connectivity index (χ4v) is 3.94. The van der Waals surface area contributed by atoms with Crippen molar-refractivity contribution in [3.05, 3.63) is 84.9 Å². The van der Waals surface area contributed by atoms with Crippen LogP contribution < -0.4 is 4.90 Å². The van der Waals surface area contributed by atoms with E-state index in [9.17, 15) is 4.79 Å². The minimum absolute atomic E-state index is 0.230. The van der Waals surface area contributed by atoms with Gasteiger partial charge in [-0.1, -0.05) is 54.6 Å². The lowest BCUT2D eigenvalue weighted by atomic mass is 10.1. The highest BCUT2D eigenvalue weighted by Gasteiger charge is 2.36. The van der Waals surface area contributed by atoms with Crippen molar-refractivity contribution in [3.63, 3.8) is 0 Å². The second kappa shape index (κ2) is 7.31. The van der Waals surface area contributed by atoms with E-state index in [1.54, 1.807) is 27.9 Å². The molecule has 156 valence electrons. The molecule has 1 fully saturated rings. The summed E-state index contributed by atoms with van der Waals surface area (Å²) in [5.41, 5.74) is 4.40. The quantitative estimate of drug-likeness (QED) is 0.471. The van der Waals surface area contributed by atoms with Crippen molar-refractivity contribution in [1.82, 2.24) is 29.8 Å². The highest BCUT2D eigenvalue weighted by molar-refractivity contribution is 5.90. The zero-order valence-electron chi connectivity index (χ0n) is 16.8. The van der Waals surface area contributed by atoms with Gasteiger partial charge in [-0.05, 0) is 17.2 Å². The highest BCUT2D eigenvalue weighted by atomic mass is 16.6. The van der Waals surface area contributed by atoms with Crippen LogP contribution in [0, 0.1) is 0 Å². The summed E-state index contributed by atoms with van der Waals surface area (Å²) < 4.78 is 7.05. The van der Waals surface area contributed by atoms with Crippen molar-refractivity contribution < 1.29 is 9.53 Å². The molecule has 0 aliphatic carbocycles. The first-order valence-electron chi connectivity index (χ1n) is 10.1. The Morgan fingerprint density at radius 3 is 2.59 bits per heavy atom. The monoisotopic (exact) mass is 423 g/mol. The predicted octanol–water partition coefficient (Wildman–Crippen LogP) is 3.88. The lowest BCUT2D eigenvalue weighted by Crippen LogP contribution is -2.28. The summed E-state index contributed by atoms with van der Waals surface area (Å²) in [6.45, 7) is 0.283. The topological polar surface area (TPSA) is 101 Å². The summed E-state index contributed by atoms with van der Waals surface area (Å²) in [4.78, 5) is 23.1. The molecule has 3 aromatic heterocycles. The minimum Gasteiger partial charge on any atom is -0.447 e. The molecule has 0 bridgehead atoms. The van der Waals surface area contributed by atoms with Gasteiger partial charge in [-0.15, -0.1) is 0 Å². The van der Waals surface area contributed by atoms with Gasteiger partial charge < -0.3 is 4.74 Å². The van der Waals surface area contributed by atoms with E-state index in [2.05, 4.69) is 20.3 Å². The van der Waals surface area contributed by atoms with Gasteiger partial charge in [0.15, 0.2) is 11.5 Å². The summed E-state index contributed by atoms with van der Waals surface area (Å²) in [6, 6.07) is 19.3. The third-order valence-electron chi connectivity index (χ3n) is 5.54. The Kier molecular flexibility index (Phi) is 4.17. The minimum atomic E-state index is -0.409. The van der Waals surface area contributed by atoms with Crippen LogP contribution in [0.4, 0.5) is 10.6 Å². The molecule has 9 nitrogen and oxygen atoms in total. The van der Waals surface area contributed by atoms with Crippen LogP contribution in [0.5, 0.6) is 0 Å². The number of carbonyl (C=O) groups is 1. The number of nitrogens with one attached hydrogen (secondary N) is 1. The molecule has 1 aliphatic heterocycles. The zero-order valence-corrected chi connectivity index (χ0v) is 16.8. The number of ether oxygens (including phenoxy) is 1. The summed E-state index contributed by atoms with van der Waals surface area (Å²) in [6.07, 6.45) is 4.64. The van der Waals surface area contributed by atoms with Gasteiger partial charge in [-0.2, -0.15) is 10.2 Å². The van der Waals surface area contributed by atoms with Crippen LogP contribution in [0.2, 0.25) is 0 Å². The number of aromatic nitrogens is 6. The number of anilines is 1. The number of rotatable bonds is 4. The van der Waals surface area contributed by atoms with Gasteiger partial charge >= 0.3 is 6.09 Å². The number of hydrogen-bond acceptors (Lipinski definition) is 6. The fraction of sp³-hybridized carbons (Fsp3) is 0.0870. The van der Waals surface area contributed by atoms with Crippen LogP contribution in [0.25, 0.3) is 28.2 Å². The average Bonchev–Trinajstić information content (AvgIpc) is 3.59. The molecule has 1 atom stereocenters. The van der Waals surface area contributed by atoms with Crippen LogP contribution in [0.15, 0.2) is 79.4 Å². The van der Waals surface area contributed by atoms with E-state index >= 15 is 0 Å². The normalized spacial score (nSPS) is 15.9. The Hall–Kier alpha value is -4.53. The van der Waals surface area contributed by atoms with E-state index in [4.69, 9.17) is 9.72 Å². The van der Waals surface area contributed by atoms with Crippen molar-refractivity contribution in [3.8, 4) is 22.5 Å². The molecule has 2 aromatic carbocycles. The summed E-state index contributed by atoms with van der Waals surface area (Å²) >= 11 is 0. The number of hydrogen-bond donors (Lipinski definition) is 1. The van der Waals surface area contributed by atoms with Crippen molar-refractivity contribution in [2.45, 2.75) is 6.04 Å². The van der Waals surface area contributed by atoms with E-state index in [1.807, 2.05) is 54.6 Å². The standard InChI is InChI=1S/C23H17N7O2/c31-23-30(19(13-32-23)16-4-2-1-3-5-16)20-10-11-29-22(27-20)18(12-26-29)15-6-8-17(9-7-15)21-24-14-25-28-21/h1-12,14,19H,13H2,(H,24,25,28). The third kappa shape index (κ3) is 2.99. The lowest BCUT2D eigenvalue weighted by molar-refractivity contribution is 0.179. The largest absolute Gasteiger partial charge is 0.447 e. The van der Waals surface area contributed by atoms with Crippen LogP contribution >= 0.6 is 0 Å². The third-order valence-corrected chi connectivity index (χ3v) is 5.54. The summed E-state index contributed by atoms with van der Waals surface area (Å²) in [5.74, 6) is 1.23. The van der Waals surface area contributed by atoms with Crippen LogP contribution in [-0.4, -0.2) is 42.5 Å². The van der Waals surface area contributed by atoms with Gasteiger partial charge in [0.25, 0.3) is 0 Å². The van der Waals surface area contributed by atoms with Crippen molar-refractivity contribution in [2.75, 3.05) is 11.5 Å². The van der Waals surface area contributed by atoms with Gasteiger partial charge in [0, 0.05) is 17.3 Å².